The van der Waals surface area contributed by atoms with E-state index in [-0.39, 0.29) is 5.92 Å². The molecule has 0 heterocycles. The number of aliphatic carboxylic acids is 1. The van der Waals surface area contributed by atoms with Crippen molar-refractivity contribution in [3.8, 4) is 0 Å². The van der Waals surface area contributed by atoms with E-state index in [1.54, 1.807) is 0 Å². The van der Waals surface area contributed by atoms with Crippen LogP contribution in [0.2, 0.25) is 0 Å². The molecule has 0 bridgehead atoms. The van der Waals surface area contributed by atoms with Gasteiger partial charge < -0.3 is 14.9 Å². The molecule has 1 fully saturated rings. The lowest BCUT2D eigenvalue weighted by atomic mass is 9.79. The lowest BCUT2D eigenvalue weighted by molar-refractivity contribution is -0.146. The van der Waals surface area contributed by atoms with Crippen molar-refractivity contribution in [3.05, 3.63) is 0 Å². The Hall–Kier alpha value is -0.610. The van der Waals surface area contributed by atoms with Crippen LogP contribution in [0, 0.1) is 5.92 Å². The van der Waals surface area contributed by atoms with E-state index in [4.69, 9.17) is 9.84 Å². The highest BCUT2D eigenvalue weighted by molar-refractivity contribution is 5.70. The van der Waals surface area contributed by atoms with Crippen molar-refractivity contribution in [2.45, 2.75) is 44.6 Å². The Morgan fingerprint density at radius 1 is 1.47 bits per heavy atom. The molecule has 4 nitrogen and oxygen atoms in total. The van der Waals surface area contributed by atoms with Crippen LogP contribution in [0.1, 0.15) is 39.0 Å². The highest BCUT2D eigenvalue weighted by Gasteiger charge is 2.35. The summed E-state index contributed by atoms with van der Waals surface area (Å²) in [6, 6.07) is 0. The molecule has 1 aliphatic rings. The van der Waals surface area contributed by atoms with Crippen LogP contribution in [0.5, 0.6) is 0 Å². The van der Waals surface area contributed by atoms with Gasteiger partial charge in [-0.3, -0.25) is 4.79 Å². The van der Waals surface area contributed by atoms with Gasteiger partial charge in [-0.2, -0.15) is 0 Å². The molecule has 1 aliphatic carbocycles. The van der Waals surface area contributed by atoms with Gasteiger partial charge in [-0.1, -0.05) is 6.92 Å². The smallest absolute Gasteiger partial charge is 0.306 e. The second kappa shape index (κ2) is 5.47. The van der Waals surface area contributed by atoms with E-state index in [1.165, 1.54) is 0 Å². The first-order valence-corrected chi connectivity index (χ1v) is 5.60. The quantitative estimate of drug-likeness (QED) is 0.682. The lowest BCUT2D eigenvalue weighted by Gasteiger charge is -2.34. The van der Waals surface area contributed by atoms with Gasteiger partial charge in [0.25, 0.3) is 0 Å². The van der Waals surface area contributed by atoms with E-state index < -0.39 is 11.6 Å². The number of carboxylic acid groups (broad SMARTS) is 1. The standard InChI is InChI=1S/C11H20O4/c1-2-7-15-8-11(14)5-3-9(4-6-11)10(12)13/h9,14H,2-8H2,1H3,(H,12,13). The molecule has 0 saturated heterocycles. The van der Waals surface area contributed by atoms with Gasteiger partial charge in [0.15, 0.2) is 0 Å². The van der Waals surface area contributed by atoms with Gasteiger partial charge in [-0.05, 0) is 32.1 Å². The predicted molar refractivity (Wildman–Crippen MR) is 55.7 cm³/mol. The molecule has 0 unspecified atom stereocenters. The van der Waals surface area contributed by atoms with Gasteiger partial charge in [0.1, 0.15) is 0 Å². The maximum Gasteiger partial charge on any atom is 0.306 e. The van der Waals surface area contributed by atoms with Crippen LogP contribution in [0.4, 0.5) is 0 Å². The minimum Gasteiger partial charge on any atom is -0.481 e. The minimum absolute atomic E-state index is 0.281. The molecule has 0 radical (unpaired) electrons. The van der Waals surface area contributed by atoms with Crippen molar-refractivity contribution in [2.24, 2.45) is 5.92 Å². The summed E-state index contributed by atoms with van der Waals surface area (Å²) in [6.07, 6.45) is 3.12. The largest absolute Gasteiger partial charge is 0.481 e. The molecule has 0 spiro atoms. The third kappa shape index (κ3) is 3.80. The normalized spacial score (nSPS) is 31.5. The second-order valence-electron chi connectivity index (χ2n) is 4.39. The van der Waals surface area contributed by atoms with Gasteiger partial charge in [0.05, 0.1) is 18.1 Å². The molecule has 0 amide bonds. The highest BCUT2D eigenvalue weighted by atomic mass is 16.5. The molecule has 1 rings (SSSR count). The van der Waals surface area contributed by atoms with Crippen molar-refractivity contribution in [2.75, 3.05) is 13.2 Å². The lowest BCUT2D eigenvalue weighted by Crippen LogP contribution is -2.40. The SMILES string of the molecule is CCCOCC1(O)CCC(C(=O)O)CC1. The maximum absolute atomic E-state index is 10.7. The van der Waals surface area contributed by atoms with E-state index in [0.717, 1.165) is 6.42 Å². The van der Waals surface area contributed by atoms with Crippen molar-refractivity contribution < 1.29 is 19.7 Å². The molecule has 0 aromatic heterocycles. The summed E-state index contributed by atoms with van der Waals surface area (Å²) < 4.78 is 5.32. The third-order valence-electron chi connectivity index (χ3n) is 2.98. The molecule has 88 valence electrons. The molecule has 0 aromatic rings. The zero-order valence-corrected chi connectivity index (χ0v) is 9.24. The number of carboxylic acids is 1. The number of hydrogen-bond acceptors (Lipinski definition) is 3. The van der Waals surface area contributed by atoms with Crippen LogP contribution in [-0.2, 0) is 9.53 Å². The van der Waals surface area contributed by atoms with Crippen LogP contribution in [-0.4, -0.2) is 35.0 Å². The Morgan fingerprint density at radius 2 is 2.07 bits per heavy atom. The zero-order valence-electron chi connectivity index (χ0n) is 9.24. The van der Waals surface area contributed by atoms with Crippen LogP contribution >= 0.6 is 0 Å². The van der Waals surface area contributed by atoms with Gasteiger partial charge in [0, 0.05) is 6.61 Å². The summed E-state index contributed by atoms with van der Waals surface area (Å²) in [6.45, 7) is 3.02. The summed E-state index contributed by atoms with van der Waals surface area (Å²) in [5.41, 5.74) is -0.791. The van der Waals surface area contributed by atoms with Crippen molar-refractivity contribution in [1.29, 1.82) is 0 Å². The number of rotatable bonds is 5. The van der Waals surface area contributed by atoms with E-state index in [1.807, 2.05) is 6.92 Å². The molecule has 15 heavy (non-hydrogen) atoms. The first-order chi connectivity index (χ1) is 7.07. The average molecular weight is 216 g/mol. The van der Waals surface area contributed by atoms with Crippen LogP contribution in [0.3, 0.4) is 0 Å². The Kier molecular flexibility index (Phi) is 4.54. The fourth-order valence-electron chi connectivity index (χ4n) is 1.95. The Balaban J connectivity index is 2.30. The predicted octanol–water partition coefficient (Wildman–Crippen LogP) is 1.42. The third-order valence-corrected chi connectivity index (χ3v) is 2.98. The second-order valence-corrected chi connectivity index (χ2v) is 4.39. The van der Waals surface area contributed by atoms with E-state index in [2.05, 4.69) is 0 Å². The van der Waals surface area contributed by atoms with Crippen LogP contribution in [0.15, 0.2) is 0 Å². The Bertz CT molecular complexity index is 207. The summed E-state index contributed by atoms with van der Waals surface area (Å²) in [4.78, 5) is 10.7. The number of hydrogen-bond donors (Lipinski definition) is 2. The summed E-state index contributed by atoms with van der Waals surface area (Å²) in [5, 5.41) is 18.9. The molecular formula is C11H20O4. The van der Waals surface area contributed by atoms with Gasteiger partial charge in [-0.25, -0.2) is 0 Å². The molecule has 1 saturated carbocycles. The average Bonchev–Trinajstić information content (AvgIpc) is 2.18. The highest BCUT2D eigenvalue weighted by Crippen LogP contribution is 2.32. The van der Waals surface area contributed by atoms with Crippen molar-refractivity contribution in [3.63, 3.8) is 0 Å². The first-order valence-electron chi connectivity index (χ1n) is 5.60. The summed E-state index contributed by atoms with van der Waals surface area (Å²) in [5.74, 6) is -1.03. The minimum atomic E-state index is -0.791. The monoisotopic (exact) mass is 216 g/mol. The van der Waals surface area contributed by atoms with Gasteiger partial charge >= 0.3 is 5.97 Å². The number of aliphatic hydroxyl groups is 1. The fourth-order valence-corrected chi connectivity index (χ4v) is 1.95. The summed E-state index contributed by atoms with van der Waals surface area (Å²) >= 11 is 0. The van der Waals surface area contributed by atoms with E-state index in [0.29, 0.717) is 38.9 Å². The van der Waals surface area contributed by atoms with Crippen LogP contribution < -0.4 is 0 Å². The molecule has 2 N–H and O–H groups in total. The topological polar surface area (TPSA) is 66.8 Å². The Labute approximate surface area is 90.2 Å². The molecule has 0 atom stereocenters. The maximum atomic E-state index is 10.7. The Morgan fingerprint density at radius 3 is 2.53 bits per heavy atom. The molecule has 4 heteroatoms. The summed E-state index contributed by atoms with van der Waals surface area (Å²) in [7, 11) is 0. The number of carbonyl (C=O) groups is 1. The zero-order chi connectivity index (χ0) is 11.3. The molecule has 0 aromatic carbocycles. The molecular weight excluding hydrogens is 196 g/mol. The van der Waals surface area contributed by atoms with Gasteiger partial charge in [0.2, 0.25) is 0 Å². The fraction of sp³-hybridized carbons (Fsp3) is 0.909. The number of ether oxygens (including phenoxy) is 1. The van der Waals surface area contributed by atoms with E-state index in [9.17, 15) is 9.90 Å². The first kappa shape index (κ1) is 12.5. The van der Waals surface area contributed by atoms with E-state index >= 15 is 0 Å². The van der Waals surface area contributed by atoms with Crippen LogP contribution in [0.25, 0.3) is 0 Å². The molecule has 0 aliphatic heterocycles. The van der Waals surface area contributed by atoms with Gasteiger partial charge in [-0.15, -0.1) is 0 Å². The van der Waals surface area contributed by atoms with Crippen molar-refractivity contribution in [1.82, 2.24) is 0 Å². The van der Waals surface area contributed by atoms with Crippen molar-refractivity contribution >= 4 is 5.97 Å².